The smallest absolute Gasteiger partial charge is 0.222 e. The van der Waals surface area contributed by atoms with E-state index < -0.39 is 0 Å². The van der Waals surface area contributed by atoms with E-state index in [1.807, 2.05) is 30.3 Å². The Balaban J connectivity index is 1.59. The number of ether oxygens (including phenoxy) is 3. The molecular formula is C22H26N2O4S. The molecule has 0 bridgehead atoms. The Morgan fingerprint density at radius 1 is 1.03 bits per heavy atom. The van der Waals surface area contributed by atoms with Crippen molar-refractivity contribution in [2.24, 2.45) is 0 Å². The van der Waals surface area contributed by atoms with Gasteiger partial charge in [-0.25, -0.2) is 4.98 Å². The summed E-state index contributed by atoms with van der Waals surface area (Å²) in [5.74, 6) is 1.80. The van der Waals surface area contributed by atoms with Crippen LogP contribution in [0.4, 0.5) is 0 Å². The molecule has 0 aliphatic rings. The molecule has 154 valence electrons. The van der Waals surface area contributed by atoms with Crippen molar-refractivity contribution in [2.45, 2.75) is 25.8 Å². The molecule has 0 aliphatic heterocycles. The summed E-state index contributed by atoms with van der Waals surface area (Å²) in [7, 11) is 6.54. The van der Waals surface area contributed by atoms with Crippen LogP contribution in [-0.2, 0) is 17.8 Å². The Kier molecular flexibility index (Phi) is 6.93. The molecule has 2 aromatic carbocycles. The molecule has 0 fully saturated rings. The number of carbonyl (C=O) groups excluding carboxylic acids is 1. The van der Waals surface area contributed by atoms with Gasteiger partial charge in [-0.05, 0) is 37.1 Å². The van der Waals surface area contributed by atoms with E-state index in [2.05, 4.69) is 11.1 Å². The van der Waals surface area contributed by atoms with Crippen LogP contribution in [0.15, 0.2) is 36.4 Å². The third-order valence-electron chi connectivity index (χ3n) is 4.74. The Morgan fingerprint density at radius 3 is 2.48 bits per heavy atom. The third-order valence-corrected chi connectivity index (χ3v) is 5.83. The van der Waals surface area contributed by atoms with Crippen LogP contribution >= 0.6 is 11.3 Å². The molecule has 0 atom stereocenters. The zero-order chi connectivity index (χ0) is 20.8. The summed E-state index contributed by atoms with van der Waals surface area (Å²) in [6.07, 6.45) is 2.05. The lowest BCUT2D eigenvalue weighted by Crippen LogP contribution is -2.26. The molecule has 0 N–H and O–H groups in total. The number of fused-ring (bicyclic) bond motifs is 1. The van der Waals surface area contributed by atoms with Crippen LogP contribution in [-0.4, -0.2) is 44.2 Å². The molecule has 3 aromatic rings. The highest BCUT2D eigenvalue weighted by Gasteiger charge is 2.18. The average molecular weight is 415 g/mol. The van der Waals surface area contributed by atoms with Crippen LogP contribution in [0.2, 0.25) is 0 Å². The molecular weight excluding hydrogens is 388 g/mol. The second-order valence-corrected chi connectivity index (χ2v) is 7.79. The van der Waals surface area contributed by atoms with Crippen molar-refractivity contribution in [1.29, 1.82) is 0 Å². The fourth-order valence-electron chi connectivity index (χ4n) is 3.24. The Morgan fingerprint density at radius 2 is 1.79 bits per heavy atom. The quantitative estimate of drug-likeness (QED) is 0.522. The number of thiazole rings is 1. The van der Waals surface area contributed by atoms with Gasteiger partial charge in [-0.1, -0.05) is 12.1 Å². The lowest BCUT2D eigenvalue weighted by Gasteiger charge is -2.21. The van der Waals surface area contributed by atoms with E-state index in [1.165, 1.54) is 4.70 Å². The monoisotopic (exact) mass is 414 g/mol. The highest BCUT2D eigenvalue weighted by atomic mass is 32.1. The minimum absolute atomic E-state index is 0.0861. The van der Waals surface area contributed by atoms with Gasteiger partial charge in [0.05, 0.1) is 36.6 Å². The van der Waals surface area contributed by atoms with E-state index in [0.29, 0.717) is 30.2 Å². The zero-order valence-electron chi connectivity index (χ0n) is 17.2. The minimum Gasteiger partial charge on any atom is -0.493 e. The molecule has 0 radical (unpaired) electrons. The first-order valence-corrected chi connectivity index (χ1v) is 10.2. The summed E-state index contributed by atoms with van der Waals surface area (Å²) in [5.41, 5.74) is 1.89. The maximum Gasteiger partial charge on any atom is 0.222 e. The van der Waals surface area contributed by atoms with Crippen molar-refractivity contribution in [2.75, 3.05) is 28.4 Å². The number of amides is 1. The van der Waals surface area contributed by atoms with Crippen LogP contribution in [0.5, 0.6) is 17.2 Å². The molecule has 1 heterocycles. The van der Waals surface area contributed by atoms with E-state index in [4.69, 9.17) is 14.2 Å². The van der Waals surface area contributed by atoms with Crippen molar-refractivity contribution < 1.29 is 19.0 Å². The summed E-state index contributed by atoms with van der Waals surface area (Å²) < 4.78 is 17.4. The molecule has 1 aromatic heterocycles. The molecule has 1 amide bonds. The number of aryl methyl sites for hydroxylation is 1. The SMILES string of the molecule is COc1ccc(CN(C)C(=O)CCCc2nc3ccccc3s2)c(OC)c1OC. The van der Waals surface area contributed by atoms with Gasteiger partial charge in [0, 0.05) is 25.6 Å². The van der Waals surface area contributed by atoms with Gasteiger partial charge in [-0.15, -0.1) is 11.3 Å². The normalized spacial score (nSPS) is 10.8. The summed E-state index contributed by atoms with van der Waals surface area (Å²) in [5, 5.41) is 1.07. The fourth-order valence-corrected chi connectivity index (χ4v) is 4.25. The molecule has 6 nitrogen and oxygen atoms in total. The number of methoxy groups -OCH3 is 3. The van der Waals surface area contributed by atoms with Crippen molar-refractivity contribution in [3.05, 3.63) is 47.0 Å². The summed E-state index contributed by atoms with van der Waals surface area (Å²) >= 11 is 1.69. The molecule has 0 saturated carbocycles. The van der Waals surface area contributed by atoms with E-state index in [1.54, 1.807) is 44.6 Å². The average Bonchev–Trinajstić information content (AvgIpc) is 3.15. The first-order chi connectivity index (χ1) is 14.1. The second-order valence-electron chi connectivity index (χ2n) is 6.67. The summed E-state index contributed by atoms with van der Waals surface area (Å²) in [6, 6.07) is 11.8. The molecule has 0 saturated heterocycles. The third kappa shape index (κ3) is 4.79. The number of benzene rings is 2. The highest BCUT2D eigenvalue weighted by molar-refractivity contribution is 7.18. The van der Waals surface area contributed by atoms with Crippen LogP contribution in [0, 0.1) is 0 Å². The van der Waals surface area contributed by atoms with Crippen LogP contribution in [0.1, 0.15) is 23.4 Å². The lowest BCUT2D eigenvalue weighted by atomic mass is 10.1. The predicted octanol–water partition coefficient (Wildman–Crippen LogP) is 4.30. The van der Waals surface area contributed by atoms with E-state index >= 15 is 0 Å². The van der Waals surface area contributed by atoms with Crippen molar-refractivity contribution >= 4 is 27.5 Å². The van der Waals surface area contributed by atoms with Gasteiger partial charge in [0.25, 0.3) is 0 Å². The largest absolute Gasteiger partial charge is 0.493 e. The molecule has 0 aliphatic carbocycles. The number of carbonyl (C=O) groups is 1. The second kappa shape index (κ2) is 9.60. The fraction of sp³-hybridized carbons (Fsp3) is 0.364. The summed E-state index contributed by atoms with van der Waals surface area (Å²) in [4.78, 5) is 18.9. The van der Waals surface area contributed by atoms with Gasteiger partial charge in [-0.2, -0.15) is 0 Å². The Bertz CT molecular complexity index is 953. The number of aromatic nitrogens is 1. The molecule has 0 spiro atoms. The molecule has 29 heavy (non-hydrogen) atoms. The molecule has 7 heteroatoms. The standard InChI is InChI=1S/C22H26N2O4S/c1-24(14-15-12-13-17(26-2)22(28-4)21(15)27-3)20(25)11-7-10-19-23-16-8-5-6-9-18(16)29-19/h5-6,8-9,12-13H,7,10-11,14H2,1-4H3. The van der Waals surface area contributed by atoms with Crippen LogP contribution < -0.4 is 14.2 Å². The van der Waals surface area contributed by atoms with Gasteiger partial charge in [-0.3, -0.25) is 4.79 Å². The number of nitrogens with zero attached hydrogens (tertiary/aromatic N) is 2. The van der Waals surface area contributed by atoms with Gasteiger partial charge in [0.15, 0.2) is 11.5 Å². The van der Waals surface area contributed by atoms with Crippen molar-refractivity contribution in [3.63, 3.8) is 0 Å². The van der Waals surface area contributed by atoms with E-state index in [-0.39, 0.29) is 5.91 Å². The van der Waals surface area contributed by atoms with Crippen molar-refractivity contribution in [1.82, 2.24) is 9.88 Å². The maximum atomic E-state index is 12.6. The van der Waals surface area contributed by atoms with E-state index in [9.17, 15) is 4.79 Å². The number of para-hydroxylation sites is 1. The van der Waals surface area contributed by atoms with Gasteiger partial charge >= 0.3 is 0 Å². The topological polar surface area (TPSA) is 60.9 Å². The van der Waals surface area contributed by atoms with E-state index in [0.717, 1.165) is 28.9 Å². The highest BCUT2D eigenvalue weighted by Crippen LogP contribution is 2.40. The van der Waals surface area contributed by atoms with Crippen LogP contribution in [0.3, 0.4) is 0 Å². The minimum atomic E-state index is 0.0861. The first kappa shape index (κ1) is 20.9. The maximum absolute atomic E-state index is 12.6. The molecule has 0 unspecified atom stereocenters. The van der Waals surface area contributed by atoms with Gasteiger partial charge in [0.2, 0.25) is 11.7 Å². The number of hydrogen-bond acceptors (Lipinski definition) is 6. The Hall–Kier alpha value is -2.80. The molecule has 3 rings (SSSR count). The number of hydrogen-bond donors (Lipinski definition) is 0. The number of rotatable bonds is 9. The van der Waals surface area contributed by atoms with Gasteiger partial charge < -0.3 is 19.1 Å². The van der Waals surface area contributed by atoms with Crippen LogP contribution in [0.25, 0.3) is 10.2 Å². The lowest BCUT2D eigenvalue weighted by molar-refractivity contribution is -0.130. The first-order valence-electron chi connectivity index (χ1n) is 9.43. The summed E-state index contributed by atoms with van der Waals surface area (Å²) in [6.45, 7) is 0.434. The Labute approximate surface area is 175 Å². The predicted molar refractivity (Wildman–Crippen MR) is 115 cm³/mol. The van der Waals surface area contributed by atoms with Gasteiger partial charge in [0.1, 0.15) is 0 Å². The van der Waals surface area contributed by atoms with Crippen molar-refractivity contribution in [3.8, 4) is 17.2 Å². The zero-order valence-corrected chi connectivity index (χ0v) is 18.0.